The summed E-state index contributed by atoms with van der Waals surface area (Å²) in [6.07, 6.45) is 1.75. The van der Waals surface area contributed by atoms with E-state index in [2.05, 4.69) is 5.32 Å². The Hall–Kier alpha value is -1.30. The van der Waals surface area contributed by atoms with Crippen LogP contribution in [-0.4, -0.2) is 38.0 Å². The molecule has 4 N–H and O–H groups in total. The van der Waals surface area contributed by atoms with Crippen molar-refractivity contribution in [3.63, 3.8) is 0 Å². The number of fused-ring (bicyclic) bond motifs is 1. The van der Waals surface area contributed by atoms with Crippen LogP contribution >= 0.6 is 0 Å². The molecule has 0 radical (unpaired) electrons. The standard InChI is InChI=1S/C14H22N2O3/c15-10-12(16-5-1-2-6-17)11-3-4-13-14(9-11)19-8-7-18-13/h3-4,9,12,16-17H,1-2,5-8,10,15H2. The third-order valence-electron chi connectivity index (χ3n) is 3.18. The Balaban J connectivity index is 1.97. The van der Waals surface area contributed by atoms with Gasteiger partial charge in [0.15, 0.2) is 11.5 Å². The van der Waals surface area contributed by atoms with E-state index in [1.54, 1.807) is 0 Å². The number of unbranched alkanes of at least 4 members (excludes halogenated alkanes) is 1. The number of nitrogens with one attached hydrogen (secondary N) is 1. The molecule has 1 aromatic rings. The summed E-state index contributed by atoms with van der Waals surface area (Å²) in [5.74, 6) is 1.59. The molecule has 0 saturated heterocycles. The predicted octanol–water partition coefficient (Wildman–Crippen LogP) is 0.820. The van der Waals surface area contributed by atoms with Crippen molar-refractivity contribution in [2.24, 2.45) is 5.73 Å². The quantitative estimate of drug-likeness (QED) is 0.637. The van der Waals surface area contributed by atoms with Crippen LogP contribution in [0.3, 0.4) is 0 Å². The van der Waals surface area contributed by atoms with Crippen LogP contribution < -0.4 is 20.5 Å². The molecule has 1 aliphatic heterocycles. The Morgan fingerprint density at radius 3 is 2.74 bits per heavy atom. The van der Waals surface area contributed by atoms with E-state index in [-0.39, 0.29) is 12.6 Å². The van der Waals surface area contributed by atoms with Gasteiger partial charge >= 0.3 is 0 Å². The van der Waals surface area contributed by atoms with Gasteiger partial charge in [0, 0.05) is 19.2 Å². The van der Waals surface area contributed by atoms with Gasteiger partial charge in [-0.25, -0.2) is 0 Å². The number of benzene rings is 1. The van der Waals surface area contributed by atoms with Crippen LogP contribution in [-0.2, 0) is 0 Å². The molecular formula is C14H22N2O3. The third-order valence-corrected chi connectivity index (χ3v) is 3.18. The molecule has 0 aromatic heterocycles. The maximum absolute atomic E-state index is 8.76. The number of aliphatic hydroxyl groups excluding tert-OH is 1. The summed E-state index contributed by atoms with van der Waals surface area (Å²) in [5, 5.41) is 12.2. The molecule has 106 valence electrons. The Morgan fingerprint density at radius 1 is 1.21 bits per heavy atom. The molecule has 1 aliphatic rings. The summed E-state index contributed by atoms with van der Waals surface area (Å²) < 4.78 is 11.1. The fraction of sp³-hybridized carbons (Fsp3) is 0.571. The number of hydrogen-bond acceptors (Lipinski definition) is 5. The summed E-state index contributed by atoms with van der Waals surface area (Å²) in [5.41, 5.74) is 6.92. The first kappa shape index (κ1) is 14.1. The molecule has 5 heteroatoms. The lowest BCUT2D eigenvalue weighted by Crippen LogP contribution is -2.29. The van der Waals surface area contributed by atoms with Crippen LogP contribution in [0.15, 0.2) is 18.2 Å². The number of hydrogen-bond donors (Lipinski definition) is 3. The lowest BCUT2D eigenvalue weighted by Gasteiger charge is -2.22. The number of nitrogens with two attached hydrogens (primary N) is 1. The second-order valence-electron chi connectivity index (χ2n) is 4.58. The average Bonchev–Trinajstić information content (AvgIpc) is 2.47. The fourth-order valence-electron chi connectivity index (χ4n) is 2.13. The molecule has 0 saturated carbocycles. The van der Waals surface area contributed by atoms with Crippen molar-refractivity contribution in [3.8, 4) is 11.5 Å². The zero-order chi connectivity index (χ0) is 13.5. The van der Waals surface area contributed by atoms with Gasteiger partial charge in [-0.1, -0.05) is 6.07 Å². The molecule has 0 fully saturated rings. The molecule has 19 heavy (non-hydrogen) atoms. The highest BCUT2D eigenvalue weighted by molar-refractivity contribution is 5.44. The van der Waals surface area contributed by atoms with Gasteiger partial charge in [-0.3, -0.25) is 0 Å². The minimum atomic E-state index is 0.106. The van der Waals surface area contributed by atoms with Crippen molar-refractivity contribution in [3.05, 3.63) is 23.8 Å². The zero-order valence-electron chi connectivity index (χ0n) is 11.1. The van der Waals surface area contributed by atoms with Crippen molar-refractivity contribution in [1.82, 2.24) is 5.32 Å². The SMILES string of the molecule is NCC(NCCCCO)c1ccc2c(c1)OCCO2. The van der Waals surface area contributed by atoms with Gasteiger partial charge in [0.2, 0.25) is 0 Å². The van der Waals surface area contributed by atoms with E-state index in [0.29, 0.717) is 19.8 Å². The van der Waals surface area contributed by atoms with E-state index in [1.807, 2.05) is 18.2 Å². The van der Waals surface area contributed by atoms with E-state index < -0.39 is 0 Å². The van der Waals surface area contributed by atoms with Crippen molar-refractivity contribution in [2.45, 2.75) is 18.9 Å². The first-order valence-electron chi connectivity index (χ1n) is 6.79. The second kappa shape index (κ2) is 7.33. The summed E-state index contributed by atoms with van der Waals surface area (Å²) in [7, 11) is 0. The first-order chi connectivity index (χ1) is 9.35. The maximum atomic E-state index is 8.76. The summed E-state index contributed by atoms with van der Waals surface area (Å²) >= 11 is 0. The molecule has 0 amide bonds. The number of rotatable bonds is 7. The Bertz CT molecular complexity index is 398. The van der Waals surface area contributed by atoms with Crippen LogP contribution in [0.1, 0.15) is 24.4 Å². The van der Waals surface area contributed by atoms with Gasteiger partial charge < -0.3 is 25.6 Å². The molecule has 1 atom stereocenters. The van der Waals surface area contributed by atoms with Crippen LogP contribution in [0.2, 0.25) is 0 Å². The van der Waals surface area contributed by atoms with Crippen molar-refractivity contribution in [1.29, 1.82) is 0 Å². The molecule has 0 bridgehead atoms. The minimum absolute atomic E-state index is 0.106. The highest BCUT2D eigenvalue weighted by Crippen LogP contribution is 2.32. The number of ether oxygens (including phenoxy) is 2. The van der Waals surface area contributed by atoms with Crippen LogP contribution in [0.25, 0.3) is 0 Å². The average molecular weight is 266 g/mol. The molecule has 5 nitrogen and oxygen atoms in total. The van der Waals surface area contributed by atoms with E-state index in [0.717, 1.165) is 36.4 Å². The first-order valence-corrected chi connectivity index (χ1v) is 6.79. The second-order valence-corrected chi connectivity index (χ2v) is 4.58. The largest absolute Gasteiger partial charge is 0.486 e. The summed E-state index contributed by atoms with van der Waals surface area (Å²) in [6, 6.07) is 6.05. The summed E-state index contributed by atoms with van der Waals surface area (Å²) in [4.78, 5) is 0. The van der Waals surface area contributed by atoms with Gasteiger partial charge in [-0.15, -0.1) is 0 Å². The smallest absolute Gasteiger partial charge is 0.161 e. The number of aliphatic hydroxyl groups is 1. The third kappa shape index (κ3) is 3.83. The van der Waals surface area contributed by atoms with Crippen molar-refractivity contribution < 1.29 is 14.6 Å². The minimum Gasteiger partial charge on any atom is -0.486 e. The van der Waals surface area contributed by atoms with Crippen molar-refractivity contribution in [2.75, 3.05) is 32.9 Å². The highest BCUT2D eigenvalue weighted by atomic mass is 16.6. The zero-order valence-corrected chi connectivity index (χ0v) is 11.1. The van der Waals surface area contributed by atoms with E-state index in [1.165, 1.54) is 0 Å². The monoisotopic (exact) mass is 266 g/mol. The Morgan fingerprint density at radius 2 is 2.00 bits per heavy atom. The predicted molar refractivity (Wildman–Crippen MR) is 73.5 cm³/mol. The van der Waals surface area contributed by atoms with Gasteiger partial charge in [-0.05, 0) is 37.1 Å². The van der Waals surface area contributed by atoms with E-state index in [9.17, 15) is 0 Å². The maximum Gasteiger partial charge on any atom is 0.161 e. The van der Waals surface area contributed by atoms with Crippen molar-refractivity contribution >= 4 is 0 Å². The lowest BCUT2D eigenvalue weighted by atomic mass is 10.1. The summed E-state index contributed by atoms with van der Waals surface area (Å²) in [6.45, 7) is 2.80. The molecule has 2 rings (SSSR count). The highest BCUT2D eigenvalue weighted by Gasteiger charge is 2.15. The molecular weight excluding hydrogens is 244 g/mol. The van der Waals surface area contributed by atoms with Gasteiger partial charge in [0.05, 0.1) is 0 Å². The van der Waals surface area contributed by atoms with Crippen LogP contribution in [0.5, 0.6) is 11.5 Å². The van der Waals surface area contributed by atoms with E-state index >= 15 is 0 Å². The Kier molecular flexibility index (Phi) is 5.44. The van der Waals surface area contributed by atoms with E-state index in [4.69, 9.17) is 20.3 Å². The molecule has 0 aliphatic carbocycles. The normalized spacial score (nSPS) is 15.3. The van der Waals surface area contributed by atoms with Gasteiger partial charge in [0.1, 0.15) is 13.2 Å². The topological polar surface area (TPSA) is 76.7 Å². The van der Waals surface area contributed by atoms with Gasteiger partial charge in [-0.2, -0.15) is 0 Å². The van der Waals surface area contributed by atoms with Crippen LogP contribution in [0.4, 0.5) is 0 Å². The molecule has 1 unspecified atom stereocenters. The Labute approximate surface area is 113 Å². The lowest BCUT2D eigenvalue weighted by molar-refractivity contribution is 0.171. The molecule has 1 heterocycles. The molecule has 1 aromatic carbocycles. The van der Waals surface area contributed by atoms with Gasteiger partial charge in [0.25, 0.3) is 0 Å². The van der Waals surface area contributed by atoms with Crippen LogP contribution in [0, 0.1) is 0 Å². The molecule has 0 spiro atoms. The fourth-order valence-corrected chi connectivity index (χ4v) is 2.13.